The summed E-state index contributed by atoms with van der Waals surface area (Å²) in [6, 6.07) is 4.83. The molecule has 104 valence electrons. The highest BCUT2D eigenvalue weighted by atomic mass is 79.9. The maximum atomic E-state index is 13.2. The van der Waals surface area contributed by atoms with Crippen LogP contribution in [0.1, 0.15) is 5.82 Å². The van der Waals surface area contributed by atoms with E-state index in [0.717, 1.165) is 4.57 Å². The van der Waals surface area contributed by atoms with Gasteiger partial charge in [0.05, 0.1) is 23.5 Å². The molecule has 0 amide bonds. The van der Waals surface area contributed by atoms with E-state index in [9.17, 15) is 17.6 Å². The molecule has 2 rings (SSSR count). The Bertz CT molecular complexity index is 600. The van der Waals surface area contributed by atoms with Crippen LogP contribution in [-0.2, 0) is 12.4 Å². The number of fused-ring (bicyclic) bond motifs is 1. The molecule has 0 unspecified atom stereocenters. The molecule has 8 heteroatoms. The molecule has 0 saturated carbocycles. The predicted molar refractivity (Wildman–Crippen MR) is 67.9 cm³/mol. The zero-order valence-corrected chi connectivity index (χ0v) is 11.7. The average molecular weight is 360 g/mol. The second-order valence-electron chi connectivity index (χ2n) is 3.94. The minimum Gasteiger partial charge on any atom is -0.321 e. The zero-order chi connectivity index (χ0) is 14.2. The van der Waals surface area contributed by atoms with Crippen molar-refractivity contribution in [2.45, 2.75) is 24.8 Å². The van der Waals surface area contributed by atoms with Crippen LogP contribution in [0.5, 0.6) is 0 Å². The summed E-state index contributed by atoms with van der Waals surface area (Å²) in [5.41, 5.74) is 0.772. The van der Waals surface area contributed by atoms with Crippen LogP contribution in [0.15, 0.2) is 22.7 Å². The van der Waals surface area contributed by atoms with Crippen molar-refractivity contribution in [1.82, 2.24) is 9.55 Å². The summed E-state index contributed by atoms with van der Waals surface area (Å²) in [6.45, 7) is -1.15. The monoisotopic (exact) mass is 358 g/mol. The van der Waals surface area contributed by atoms with Crippen molar-refractivity contribution in [3.63, 3.8) is 0 Å². The number of benzene rings is 1. The number of aromatic nitrogens is 2. The molecule has 0 spiro atoms. The van der Waals surface area contributed by atoms with Gasteiger partial charge >= 0.3 is 12.3 Å². The summed E-state index contributed by atoms with van der Waals surface area (Å²) in [5.74, 6) is -4.13. The second kappa shape index (κ2) is 5.28. The Morgan fingerprint density at radius 1 is 1.37 bits per heavy atom. The largest absolute Gasteiger partial charge is 0.324 e. The lowest BCUT2D eigenvalue weighted by Gasteiger charge is -2.17. The Labute approximate surface area is 119 Å². The number of rotatable bonds is 4. The molecule has 2 nitrogen and oxygen atoms in total. The third-order valence-electron chi connectivity index (χ3n) is 2.60. The molecule has 2 aromatic rings. The normalized spacial score (nSPS) is 12.6. The molecule has 0 bridgehead atoms. The molecule has 0 aliphatic rings. The van der Waals surface area contributed by atoms with Crippen LogP contribution in [0, 0.1) is 0 Å². The molecule has 19 heavy (non-hydrogen) atoms. The molecule has 0 atom stereocenters. The van der Waals surface area contributed by atoms with E-state index in [4.69, 9.17) is 11.6 Å². The topological polar surface area (TPSA) is 17.8 Å². The van der Waals surface area contributed by atoms with Crippen molar-refractivity contribution in [2.75, 3.05) is 0 Å². The molecule has 1 heterocycles. The molecular weight excluding hydrogens is 351 g/mol. The maximum Gasteiger partial charge on any atom is 0.324 e. The molecule has 0 radical (unpaired) electrons. The van der Waals surface area contributed by atoms with Gasteiger partial charge in [-0.25, -0.2) is 13.8 Å². The first-order valence-corrected chi connectivity index (χ1v) is 6.54. The first-order valence-electron chi connectivity index (χ1n) is 5.22. The highest BCUT2D eigenvalue weighted by Crippen LogP contribution is 2.29. The van der Waals surface area contributed by atoms with Crippen molar-refractivity contribution in [1.29, 1.82) is 0 Å². The van der Waals surface area contributed by atoms with Gasteiger partial charge < -0.3 is 4.57 Å². The zero-order valence-electron chi connectivity index (χ0n) is 9.39. The lowest BCUT2D eigenvalue weighted by Crippen LogP contribution is -2.32. The summed E-state index contributed by atoms with van der Waals surface area (Å²) >= 11 is 8.82. The quantitative estimate of drug-likeness (QED) is 0.583. The lowest BCUT2D eigenvalue weighted by atomic mass is 10.3. The number of hydrogen-bond donors (Lipinski definition) is 0. The van der Waals surface area contributed by atoms with Gasteiger partial charge in [0.25, 0.3) is 0 Å². The second-order valence-corrected chi connectivity index (χ2v) is 5.13. The van der Waals surface area contributed by atoms with Crippen molar-refractivity contribution in [3.05, 3.63) is 28.5 Å². The Morgan fingerprint density at radius 2 is 2.05 bits per heavy atom. The number of hydrogen-bond acceptors (Lipinski definition) is 1. The molecule has 1 aromatic carbocycles. The van der Waals surface area contributed by atoms with Crippen molar-refractivity contribution in [2.24, 2.45) is 0 Å². The van der Waals surface area contributed by atoms with Gasteiger partial charge in [-0.3, -0.25) is 0 Å². The molecular formula is C11H8BrClF4N2. The van der Waals surface area contributed by atoms with Crippen LogP contribution in [0.4, 0.5) is 17.6 Å². The SMILES string of the molecule is FC(F)C(F)(F)Cn1c(CCl)nc2ccc(Br)cc21. The van der Waals surface area contributed by atoms with Gasteiger partial charge in [0.2, 0.25) is 0 Å². The van der Waals surface area contributed by atoms with Crippen LogP contribution in [0.3, 0.4) is 0 Å². The Hall–Kier alpha value is -0.820. The van der Waals surface area contributed by atoms with Crippen molar-refractivity contribution >= 4 is 38.6 Å². The van der Waals surface area contributed by atoms with Gasteiger partial charge in [0.15, 0.2) is 0 Å². The minimum absolute atomic E-state index is 0.133. The van der Waals surface area contributed by atoms with E-state index in [2.05, 4.69) is 20.9 Å². The Kier molecular flexibility index (Phi) is 4.06. The number of nitrogens with zero attached hydrogens (tertiary/aromatic N) is 2. The molecule has 0 aliphatic carbocycles. The molecule has 0 fully saturated rings. The fraction of sp³-hybridized carbons (Fsp3) is 0.364. The van der Waals surface area contributed by atoms with Crippen LogP contribution >= 0.6 is 27.5 Å². The molecule has 0 N–H and O–H groups in total. The fourth-order valence-corrected chi connectivity index (χ4v) is 2.26. The summed E-state index contributed by atoms with van der Waals surface area (Å²) in [6.07, 6.45) is -3.74. The molecule has 0 saturated heterocycles. The van der Waals surface area contributed by atoms with Crippen LogP contribution < -0.4 is 0 Å². The van der Waals surface area contributed by atoms with Crippen LogP contribution in [0.25, 0.3) is 11.0 Å². The molecule has 0 aliphatic heterocycles. The number of halogens is 6. The van der Waals surface area contributed by atoms with Gasteiger partial charge in [-0.2, -0.15) is 8.78 Å². The number of imidazole rings is 1. The van der Waals surface area contributed by atoms with Crippen molar-refractivity contribution in [3.8, 4) is 0 Å². The van der Waals surface area contributed by atoms with E-state index in [1.807, 2.05) is 0 Å². The average Bonchev–Trinajstić information content (AvgIpc) is 2.66. The molecule has 1 aromatic heterocycles. The first kappa shape index (κ1) is 14.6. The van der Waals surface area contributed by atoms with Gasteiger partial charge in [-0.05, 0) is 18.2 Å². The summed E-state index contributed by atoms with van der Waals surface area (Å²) in [5, 5.41) is 0. The van der Waals surface area contributed by atoms with E-state index in [1.165, 1.54) is 0 Å². The van der Waals surface area contributed by atoms with E-state index in [-0.39, 0.29) is 11.7 Å². The highest BCUT2D eigenvalue weighted by molar-refractivity contribution is 9.10. The van der Waals surface area contributed by atoms with E-state index < -0.39 is 18.9 Å². The first-order chi connectivity index (χ1) is 8.85. The highest BCUT2D eigenvalue weighted by Gasteiger charge is 2.41. The fourth-order valence-electron chi connectivity index (χ4n) is 1.70. The van der Waals surface area contributed by atoms with E-state index in [1.54, 1.807) is 18.2 Å². The van der Waals surface area contributed by atoms with Crippen molar-refractivity contribution < 1.29 is 17.6 Å². The summed E-state index contributed by atoms with van der Waals surface area (Å²) in [4.78, 5) is 4.05. The van der Waals surface area contributed by atoms with Gasteiger partial charge in [-0.1, -0.05) is 15.9 Å². The Balaban J connectivity index is 2.54. The van der Waals surface area contributed by atoms with E-state index >= 15 is 0 Å². The number of alkyl halides is 5. The maximum absolute atomic E-state index is 13.2. The minimum atomic E-state index is -4.13. The smallest absolute Gasteiger partial charge is 0.321 e. The van der Waals surface area contributed by atoms with Gasteiger partial charge in [0, 0.05) is 4.47 Å². The van der Waals surface area contributed by atoms with E-state index in [0.29, 0.717) is 15.5 Å². The van der Waals surface area contributed by atoms with Gasteiger partial charge in [-0.15, -0.1) is 11.6 Å². The Morgan fingerprint density at radius 3 is 2.63 bits per heavy atom. The van der Waals surface area contributed by atoms with Gasteiger partial charge in [0.1, 0.15) is 5.82 Å². The third kappa shape index (κ3) is 2.86. The standard InChI is InChI=1S/C11H8BrClF4N2/c12-6-1-2-7-8(3-6)19(9(4-13)18-7)5-11(16,17)10(14)15/h1-3,10H,4-5H2. The lowest BCUT2D eigenvalue weighted by molar-refractivity contribution is -0.137. The van der Waals surface area contributed by atoms with Crippen LogP contribution in [-0.4, -0.2) is 21.9 Å². The summed E-state index contributed by atoms with van der Waals surface area (Å²) in [7, 11) is 0. The predicted octanol–water partition coefficient (Wildman–Crippen LogP) is 4.44. The summed E-state index contributed by atoms with van der Waals surface area (Å²) < 4.78 is 52.7. The third-order valence-corrected chi connectivity index (χ3v) is 3.33. The van der Waals surface area contributed by atoms with Crippen LogP contribution in [0.2, 0.25) is 0 Å².